The number of alkyl halides is 1. The van der Waals surface area contributed by atoms with Crippen LogP contribution in [0.15, 0.2) is 0 Å². The van der Waals surface area contributed by atoms with E-state index < -0.39 is 6.17 Å². The highest BCUT2D eigenvalue weighted by atomic mass is 32.1. The first-order valence-electron chi connectivity index (χ1n) is 10.2. The second kappa shape index (κ2) is 8.68. The van der Waals surface area contributed by atoms with Crippen LogP contribution in [0.2, 0.25) is 0 Å². The van der Waals surface area contributed by atoms with Crippen molar-refractivity contribution in [3.05, 3.63) is 0 Å². The molecule has 1 unspecified atom stereocenters. The largest absolute Gasteiger partial charge is 0.346 e. The highest BCUT2D eigenvalue weighted by Gasteiger charge is 2.29. The van der Waals surface area contributed by atoms with E-state index in [1.807, 2.05) is 0 Å². The molecule has 2 saturated heterocycles. The quantitative estimate of drug-likeness (QED) is 0.818. The molecule has 4 rings (SSSR count). The monoisotopic (exact) mass is 396 g/mol. The van der Waals surface area contributed by atoms with Gasteiger partial charge in [0.05, 0.1) is 0 Å². The number of aromatic nitrogens is 2. The standard InChI is InChI=1S/C18H29FN6OS/c19-13-4-3-9-25(12-13)15-7-10-24(11-8-15)18-23-22-17(27-18)21-16(26)20-14-5-1-2-6-14/h13-15H,1-12H2,(H2,20,21,22,26). The number of hydrogen-bond acceptors (Lipinski definition) is 6. The third-order valence-corrected chi connectivity index (χ3v) is 6.87. The van der Waals surface area contributed by atoms with Gasteiger partial charge in [-0.05, 0) is 45.1 Å². The molecule has 3 fully saturated rings. The zero-order valence-electron chi connectivity index (χ0n) is 15.7. The van der Waals surface area contributed by atoms with Crippen LogP contribution in [0.5, 0.6) is 0 Å². The summed E-state index contributed by atoms with van der Waals surface area (Å²) in [6, 6.07) is 0.576. The summed E-state index contributed by atoms with van der Waals surface area (Å²) >= 11 is 1.42. The lowest BCUT2D eigenvalue weighted by Gasteiger charge is -2.40. The highest BCUT2D eigenvalue weighted by Crippen LogP contribution is 2.29. The van der Waals surface area contributed by atoms with Gasteiger partial charge in [-0.2, -0.15) is 0 Å². The Morgan fingerprint density at radius 2 is 1.81 bits per heavy atom. The Labute approximate surface area is 163 Å². The van der Waals surface area contributed by atoms with Gasteiger partial charge in [0.25, 0.3) is 0 Å². The van der Waals surface area contributed by atoms with Crippen molar-refractivity contribution in [2.45, 2.75) is 69.6 Å². The van der Waals surface area contributed by atoms with Crippen molar-refractivity contribution in [3.8, 4) is 0 Å². The number of urea groups is 1. The number of carbonyl (C=O) groups is 1. The van der Waals surface area contributed by atoms with Gasteiger partial charge in [0.1, 0.15) is 6.17 Å². The number of rotatable bonds is 4. The van der Waals surface area contributed by atoms with E-state index in [1.54, 1.807) is 0 Å². The minimum atomic E-state index is -0.663. The molecule has 1 aliphatic carbocycles. The summed E-state index contributed by atoms with van der Waals surface area (Å²) in [6.07, 6.45) is 7.56. The normalized spacial score (nSPS) is 25.7. The minimum Gasteiger partial charge on any atom is -0.346 e. The van der Waals surface area contributed by atoms with E-state index in [0.29, 0.717) is 24.1 Å². The van der Waals surface area contributed by atoms with Crippen molar-refractivity contribution < 1.29 is 9.18 Å². The van der Waals surface area contributed by atoms with Crippen molar-refractivity contribution in [1.82, 2.24) is 20.4 Å². The topological polar surface area (TPSA) is 73.4 Å². The third kappa shape index (κ3) is 4.87. The van der Waals surface area contributed by atoms with Crippen LogP contribution in [0.1, 0.15) is 51.4 Å². The number of nitrogens with zero attached hydrogens (tertiary/aromatic N) is 4. The smallest absolute Gasteiger partial charge is 0.321 e. The Balaban J connectivity index is 1.25. The van der Waals surface area contributed by atoms with E-state index in [4.69, 9.17) is 0 Å². The number of halogens is 1. The number of nitrogens with one attached hydrogen (secondary N) is 2. The molecule has 0 bridgehead atoms. The van der Waals surface area contributed by atoms with Crippen LogP contribution >= 0.6 is 11.3 Å². The SMILES string of the molecule is O=C(Nc1nnc(N2CCC(N3CCCC(F)C3)CC2)s1)NC1CCCC1. The average Bonchev–Trinajstić information content (AvgIpc) is 3.34. The zero-order chi connectivity index (χ0) is 18.6. The Bertz CT molecular complexity index is 629. The molecule has 7 nitrogen and oxygen atoms in total. The van der Waals surface area contributed by atoms with Gasteiger partial charge in [-0.15, -0.1) is 10.2 Å². The molecule has 2 aliphatic heterocycles. The molecule has 1 saturated carbocycles. The molecule has 1 atom stereocenters. The number of amides is 2. The summed E-state index contributed by atoms with van der Waals surface area (Å²) < 4.78 is 13.7. The Morgan fingerprint density at radius 3 is 2.56 bits per heavy atom. The number of piperidine rings is 2. The predicted molar refractivity (Wildman–Crippen MR) is 105 cm³/mol. The van der Waals surface area contributed by atoms with Gasteiger partial charge in [-0.1, -0.05) is 24.2 Å². The molecule has 9 heteroatoms. The van der Waals surface area contributed by atoms with Crippen LogP contribution in [0.25, 0.3) is 0 Å². The molecule has 3 heterocycles. The fourth-order valence-corrected chi connectivity index (χ4v) is 5.28. The fraction of sp³-hybridized carbons (Fsp3) is 0.833. The molecule has 2 amide bonds. The summed E-state index contributed by atoms with van der Waals surface area (Å²) in [7, 11) is 0. The van der Waals surface area contributed by atoms with E-state index in [9.17, 15) is 9.18 Å². The Hall–Kier alpha value is -1.48. The van der Waals surface area contributed by atoms with E-state index in [-0.39, 0.29) is 12.1 Å². The van der Waals surface area contributed by atoms with E-state index in [0.717, 1.165) is 56.9 Å². The zero-order valence-corrected chi connectivity index (χ0v) is 16.5. The van der Waals surface area contributed by atoms with Crippen molar-refractivity contribution in [2.75, 3.05) is 36.4 Å². The van der Waals surface area contributed by atoms with Gasteiger partial charge in [-0.25, -0.2) is 9.18 Å². The van der Waals surface area contributed by atoms with Gasteiger partial charge >= 0.3 is 6.03 Å². The summed E-state index contributed by atoms with van der Waals surface area (Å²) in [5.41, 5.74) is 0. The number of anilines is 2. The van der Waals surface area contributed by atoms with Crippen LogP contribution < -0.4 is 15.5 Å². The first-order chi connectivity index (χ1) is 13.2. The van der Waals surface area contributed by atoms with Gasteiger partial charge in [-0.3, -0.25) is 10.2 Å². The molecule has 2 N–H and O–H groups in total. The maximum atomic E-state index is 13.7. The van der Waals surface area contributed by atoms with Gasteiger partial charge < -0.3 is 10.2 Å². The maximum Gasteiger partial charge on any atom is 0.321 e. The number of carbonyl (C=O) groups excluding carboxylic acids is 1. The van der Waals surface area contributed by atoms with E-state index >= 15 is 0 Å². The maximum absolute atomic E-state index is 13.7. The molecule has 1 aromatic rings. The number of hydrogen-bond donors (Lipinski definition) is 2. The van der Waals surface area contributed by atoms with Gasteiger partial charge in [0, 0.05) is 31.7 Å². The highest BCUT2D eigenvalue weighted by molar-refractivity contribution is 7.19. The van der Waals surface area contributed by atoms with Crippen LogP contribution in [0, 0.1) is 0 Å². The Morgan fingerprint density at radius 1 is 1.04 bits per heavy atom. The van der Waals surface area contributed by atoms with E-state index in [1.165, 1.54) is 24.2 Å². The summed E-state index contributed by atoms with van der Waals surface area (Å²) in [6.45, 7) is 3.42. The molecule has 3 aliphatic rings. The first-order valence-corrected chi connectivity index (χ1v) is 11.0. The Kier molecular flexibility index (Phi) is 6.07. The van der Waals surface area contributed by atoms with Crippen LogP contribution in [0.3, 0.4) is 0 Å². The van der Waals surface area contributed by atoms with Gasteiger partial charge in [0.15, 0.2) is 0 Å². The molecule has 0 aromatic carbocycles. The lowest BCUT2D eigenvalue weighted by Crippen LogP contribution is -2.49. The van der Waals surface area contributed by atoms with Crippen molar-refractivity contribution >= 4 is 27.6 Å². The second-order valence-corrected chi connectivity index (χ2v) is 8.88. The fourth-order valence-electron chi connectivity index (χ4n) is 4.49. The van der Waals surface area contributed by atoms with Crippen molar-refractivity contribution in [2.24, 2.45) is 0 Å². The molecule has 0 radical (unpaired) electrons. The molecular formula is C18H29FN6OS. The lowest BCUT2D eigenvalue weighted by molar-refractivity contribution is 0.0864. The van der Waals surface area contributed by atoms with Crippen molar-refractivity contribution in [3.63, 3.8) is 0 Å². The van der Waals surface area contributed by atoms with Crippen LogP contribution in [0.4, 0.5) is 19.4 Å². The van der Waals surface area contributed by atoms with Crippen LogP contribution in [-0.4, -0.2) is 65.6 Å². The molecule has 0 spiro atoms. The summed E-state index contributed by atoms with van der Waals surface area (Å²) in [4.78, 5) is 16.6. The molecule has 1 aromatic heterocycles. The first kappa shape index (κ1) is 18.9. The summed E-state index contributed by atoms with van der Waals surface area (Å²) in [5.74, 6) is 0. The molecule has 150 valence electrons. The minimum absolute atomic E-state index is 0.186. The predicted octanol–water partition coefficient (Wildman–Crippen LogP) is 3.00. The summed E-state index contributed by atoms with van der Waals surface area (Å²) in [5, 5.41) is 15.6. The lowest BCUT2D eigenvalue weighted by atomic mass is 10.00. The average molecular weight is 397 g/mol. The molecular weight excluding hydrogens is 367 g/mol. The molecule has 27 heavy (non-hydrogen) atoms. The van der Waals surface area contributed by atoms with Crippen molar-refractivity contribution in [1.29, 1.82) is 0 Å². The van der Waals surface area contributed by atoms with Crippen LogP contribution in [-0.2, 0) is 0 Å². The van der Waals surface area contributed by atoms with E-state index in [2.05, 4.69) is 30.6 Å². The third-order valence-electron chi connectivity index (χ3n) is 5.97. The number of likely N-dealkylation sites (tertiary alicyclic amines) is 1. The van der Waals surface area contributed by atoms with Gasteiger partial charge in [0.2, 0.25) is 10.3 Å². The second-order valence-electron chi connectivity index (χ2n) is 7.92.